The average molecular weight is 257 g/mol. The normalized spacial score (nSPS) is 9.42. The third kappa shape index (κ3) is 5.14. The molecule has 0 fully saturated rings. The number of hydrogen-bond acceptors (Lipinski definition) is 2. The van der Waals surface area contributed by atoms with Gasteiger partial charge < -0.3 is 4.84 Å². The van der Waals surface area contributed by atoms with Gasteiger partial charge in [-0.1, -0.05) is 63.2 Å². The van der Waals surface area contributed by atoms with Crippen LogP contribution in [0.25, 0.3) is 11.1 Å². The first-order chi connectivity index (χ1) is 9.40. The molecule has 0 bridgehead atoms. The summed E-state index contributed by atoms with van der Waals surface area (Å²) in [4.78, 5) is 5.46. The highest BCUT2D eigenvalue weighted by molar-refractivity contribution is 5.64. The van der Waals surface area contributed by atoms with Crippen molar-refractivity contribution in [2.24, 2.45) is 0 Å². The monoisotopic (exact) mass is 257 g/mol. The molecule has 0 saturated heterocycles. The van der Waals surface area contributed by atoms with E-state index in [1.165, 1.54) is 11.1 Å². The minimum Gasteiger partial charge on any atom is -0.409 e. The Morgan fingerprint density at radius 1 is 0.895 bits per heavy atom. The number of rotatable bonds is 5. The number of benzene rings is 2. The molecule has 102 valence electrons. The van der Waals surface area contributed by atoms with Crippen molar-refractivity contribution < 1.29 is 4.84 Å². The van der Waals surface area contributed by atoms with Crippen LogP contribution < -0.4 is 10.3 Å². The molecular formula is C17H23NO. The molecule has 1 N–H and O–H groups in total. The summed E-state index contributed by atoms with van der Waals surface area (Å²) in [6, 6.07) is 18.4. The Morgan fingerprint density at radius 2 is 1.58 bits per heavy atom. The zero-order valence-corrected chi connectivity index (χ0v) is 12.0. The summed E-state index contributed by atoms with van der Waals surface area (Å²) in [6.07, 6.45) is 1.05. The van der Waals surface area contributed by atoms with Gasteiger partial charge in [0.05, 0.1) is 0 Å². The van der Waals surface area contributed by atoms with Crippen LogP contribution in [0.2, 0.25) is 0 Å². The summed E-state index contributed by atoms with van der Waals surface area (Å²) in [7, 11) is 0. The fraction of sp³-hybridized carbons (Fsp3) is 0.294. The Kier molecular flexibility index (Phi) is 7.37. The highest BCUT2D eigenvalue weighted by Crippen LogP contribution is 2.23. The van der Waals surface area contributed by atoms with Gasteiger partial charge >= 0.3 is 0 Å². The lowest BCUT2D eigenvalue weighted by atomic mass is 10.1. The second-order valence-electron chi connectivity index (χ2n) is 3.89. The quantitative estimate of drug-likeness (QED) is 0.620. The van der Waals surface area contributed by atoms with E-state index < -0.39 is 0 Å². The van der Waals surface area contributed by atoms with E-state index in [2.05, 4.69) is 30.6 Å². The third-order valence-corrected chi connectivity index (χ3v) is 2.48. The van der Waals surface area contributed by atoms with Gasteiger partial charge in [0, 0.05) is 6.54 Å². The lowest BCUT2D eigenvalue weighted by Crippen LogP contribution is -2.18. The highest BCUT2D eigenvalue weighted by atomic mass is 16.6. The minimum absolute atomic E-state index is 0.847. The first-order valence-corrected chi connectivity index (χ1v) is 6.95. The molecule has 0 radical (unpaired) electrons. The average Bonchev–Trinajstić information content (AvgIpc) is 2.51. The topological polar surface area (TPSA) is 21.3 Å². The molecular weight excluding hydrogens is 234 g/mol. The predicted octanol–water partition coefficient (Wildman–Crippen LogP) is 4.67. The Morgan fingerprint density at radius 3 is 2.26 bits per heavy atom. The molecule has 0 unspecified atom stereocenters. The summed E-state index contributed by atoms with van der Waals surface area (Å²) >= 11 is 0. The van der Waals surface area contributed by atoms with Crippen LogP contribution in [0.4, 0.5) is 0 Å². The van der Waals surface area contributed by atoms with Gasteiger partial charge in [0.2, 0.25) is 0 Å². The number of hydrogen-bond donors (Lipinski definition) is 1. The van der Waals surface area contributed by atoms with Crippen LogP contribution in [0.3, 0.4) is 0 Å². The van der Waals surface area contributed by atoms with E-state index in [0.717, 1.165) is 18.7 Å². The molecule has 0 spiro atoms. The second-order valence-corrected chi connectivity index (χ2v) is 3.89. The van der Waals surface area contributed by atoms with Crippen molar-refractivity contribution in [1.29, 1.82) is 0 Å². The largest absolute Gasteiger partial charge is 0.409 e. The molecule has 0 aliphatic rings. The van der Waals surface area contributed by atoms with E-state index in [0.29, 0.717) is 0 Å². The molecule has 2 heteroatoms. The Labute approximate surface area is 116 Å². The predicted molar refractivity (Wildman–Crippen MR) is 82.1 cm³/mol. The van der Waals surface area contributed by atoms with E-state index in [9.17, 15) is 0 Å². The van der Waals surface area contributed by atoms with Crippen molar-refractivity contribution in [2.75, 3.05) is 6.54 Å². The van der Waals surface area contributed by atoms with E-state index in [1.807, 2.05) is 50.2 Å². The lowest BCUT2D eigenvalue weighted by molar-refractivity contribution is 0.196. The summed E-state index contributed by atoms with van der Waals surface area (Å²) in [5.41, 5.74) is 5.30. The van der Waals surface area contributed by atoms with Crippen molar-refractivity contribution in [3.05, 3.63) is 54.6 Å². The zero-order valence-electron chi connectivity index (χ0n) is 12.0. The molecule has 0 aliphatic carbocycles. The summed E-state index contributed by atoms with van der Waals surface area (Å²) in [5.74, 6) is 0.847. The molecule has 0 heterocycles. The molecule has 2 rings (SSSR count). The van der Waals surface area contributed by atoms with Gasteiger partial charge in [0.15, 0.2) is 0 Å². The van der Waals surface area contributed by atoms with Crippen LogP contribution in [0, 0.1) is 0 Å². The van der Waals surface area contributed by atoms with Gasteiger partial charge in [-0.3, -0.25) is 0 Å². The molecule has 0 saturated carbocycles. The maximum atomic E-state index is 5.46. The molecule has 19 heavy (non-hydrogen) atoms. The van der Waals surface area contributed by atoms with E-state index in [-0.39, 0.29) is 0 Å². The SMILES string of the molecule is CC.CCCNOc1cccc(-c2ccccc2)c1. The molecule has 0 aliphatic heterocycles. The number of nitrogens with one attached hydrogen (secondary N) is 1. The molecule has 0 atom stereocenters. The molecule has 2 aromatic carbocycles. The van der Waals surface area contributed by atoms with Gasteiger partial charge in [-0.25, -0.2) is 0 Å². The Hall–Kier alpha value is -1.80. The fourth-order valence-corrected chi connectivity index (χ4v) is 1.61. The van der Waals surface area contributed by atoms with Crippen LogP contribution in [-0.2, 0) is 0 Å². The fourth-order valence-electron chi connectivity index (χ4n) is 1.61. The maximum Gasteiger partial charge on any atom is 0.147 e. The van der Waals surface area contributed by atoms with Crippen molar-refractivity contribution in [3.8, 4) is 16.9 Å². The van der Waals surface area contributed by atoms with Crippen molar-refractivity contribution in [3.63, 3.8) is 0 Å². The van der Waals surface area contributed by atoms with Crippen LogP contribution in [0.15, 0.2) is 54.6 Å². The van der Waals surface area contributed by atoms with Crippen molar-refractivity contribution in [2.45, 2.75) is 27.2 Å². The molecule has 0 amide bonds. The van der Waals surface area contributed by atoms with Gasteiger partial charge in [0.25, 0.3) is 0 Å². The first kappa shape index (κ1) is 15.3. The summed E-state index contributed by atoms with van der Waals surface area (Å²) < 4.78 is 0. The Bertz CT molecular complexity index is 454. The van der Waals surface area contributed by atoms with E-state index >= 15 is 0 Å². The van der Waals surface area contributed by atoms with Crippen LogP contribution >= 0.6 is 0 Å². The highest BCUT2D eigenvalue weighted by Gasteiger charge is 1.99. The van der Waals surface area contributed by atoms with Crippen LogP contribution in [-0.4, -0.2) is 6.54 Å². The zero-order chi connectivity index (χ0) is 13.9. The summed E-state index contributed by atoms with van der Waals surface area (Å²) in [6.45, 7) is 6.96. The van der Waals surface area contributed by atoms with Gasteiger partial charge in [0.1, 0.15) is 5.75 Å². The first-order valence-electron chi connectivity index (χ1n) is 6.95. The molecule has 2 aromatic rings. The van der Waals surface area contributed by atoms with Gasteiger partial charge in [-0.15, -0.1) is 0 Å². The van der Waals surface area contributed by atoms with Crippen molar-refractivity contribution >= 4 is 0 Å². The third-order valence-electron chi connectivity index (χ3n) is 2.48. The van der Waals surface area contributed by atoms with Gasteiger partial charge in [-0.2, -0.15) is 5.48 Å². The van der Waals surface area contributed by atoms with Crippen LogP contribution in [0.5, 0.6) is 5.75 Å². The maximum absolute atomic E-state index is 5.46. The van der Waals surface area contributed by atoms with Crippen LogP contribution in [0.1, 0.15) is 27.2 Å². The number of hydroxylamine groups is 1. The molecule has 0 aromatic heterocycles. The van der Waals surface area contributed by atoms with Gasteiger partial charge in [-0.05, 0) is 29.7 Å². The van der Waals surface area contributed by atoms with E-state index in [4.69, 9.17) is 4.84 Å². The summed E-state index contributed by atoms with van der Waals surface area (Å²) in [5, 5.41) is 0. The lowest BCUT2D eigenvalue weighted by Gasteiger charge is -2.07. The van der Waals surface area contributed by atoms with E-state index in [1.54, 1.807) is 0 Å². The Balaban J connectivity index is 0.000000861. The second kappa shape index (κ2) is 9.17. The minimum atomic E-state index is 0.847. The smallest absolute Gasteiger partial charge is 0.147 e. The van der Waals surface area contributed by atoms with Crippen molar-refractivity contribution in [1.82, 2.24) is 5.48 Å². The standard InChI is InChI=1S/C15H17NO.C2H6/c1-2-11-16-17-15-10-6-9-14(12-15)13-7-4-3-5-8-13;1-2/h3-10,12,16H,2,11H2,1H3;1-2H3. The molecule has 2 nitrogen and oxygen atoms in total.